The maximum absolute atomic E-state index is 14.3. The molecular weight excluding hydrogens is 337 g/mol. The molecule has 0 unspecified atom stereocenters. The van der Waals surface area contributed by atoms with Gasteiger partial charge in [0, 0.05) is 37.8 Å². The summed E-state index contributed by atoms with van der Waals surface area (Å²) in [7, 11) is 1.37. The van der Waals surface area contributed by atoms with E-state index < -0.39 is 17.1 Å². The Morgan fingerprint density at radius 2 is 2.15 bits per heavy atom. The van der Waals surface area contributed by atoms with Crippen LogP contribution in [0.3, 0.4) is 0 Å². The van der Waals surface area contributed by atoms with Crippen LogP contribution < -0.4 is 21.9 Å². The third-order valence-corrected chi connectivity index (χ3v) is 4.71. The van der Waals surface area contributed by atoms with Crippen molar-refractivity contribution in [3.8, 4) is 6.07 Å². The molecule has 1 saturated heterocycles. The fraction of sp³-hybridized carbons (Fsp3) is 0.389. The Bertz CT molecular complexity index is 989. The van der Waals surface area contributed by atoms with Crippen molar-refractivity contribution in [2.24, 2.45) is 12.8 Å². The molecule has 0 saturated carbocycles. The molecule has 8 heteroatoms. The monoisotopic (exact) mass is 357 g/mol. The quantitative estimate of drug-likeness (QED) is 0.864. The van der Waals surface area contributed by atoms with E-state index in [1.807, 2.05) is 11.0 Å². The molecule has 0 aliphatic carbocycles. The molecule has 3 rings (SSSR count). The summed E-state index contributed by atoms with van der Waals surface area (Å²) < 4.78 is 16.6. The predicted molar refractivity (Wildman–Crippen MR) is 95.6 cm³/mol. The van der Waals surface area contributed by atoms with Gasteiger partial charge in [0.25, 0.3) is 5.56 Å². The molecule has 1 aliphatic rings. The van der Waals surface area contributed by atoms with Crippen molar-refractivity contribution in [1.82, 2.24) is 9.13 Å². The van der Waals surface area contributed by atoms with E-state index in [-0.39, 0.29) is 23.7 Å². The smallest absolute Gasteiger partial charge is 0.332 e. The number of piperidine rings is 1. The summed E-state index contributed by atoms with van der Waals surface area (Å²) >= 11 is 0. The molecule has 7 nitrogen and oxygen atoms in total. The second kappa shape index (κ2) is 7.14. The highest BCUT2D eigenvalue weighted by Crippen LogP contribution is 2.20. The molecule has 1 aliphatic heterocycles. The molecule has 0 bridgehead atoms. The minimum absolute atomic E-state index is 0.0560. The molecule has 1 aromatic heterocycles. The van der Waals surface area contributed by atoms with Crippen LogP contribution in [0.15, 0.2) is 33.9 Å². The van der Waals surface area contributed by atoms with Crippen molar-refractivity contribution in [3.63, 3.8) is 0 Å². The molecule has 2 N–H and O–H groups in total. The Morgan fingerprint density at radius 3 is 2.85 bits per heavy atom. The van der Waals surface area contributed by atoms with Gasteiger partial charge in [-0.15, -0.1) is 0 Å². The first kappa shape index (κ1) is 17.9. The molecule has 0 amide bonds. The van der Waals surface area contributed by atoms with Crippen molar-refractivity contribution in [1.29, 1.82) is 5.26 Å². The van der Waals surface area contributed by atoms with E-state index in [0.717, 1.165) is 17.4 Å². The number of benzene rings is 1. The minimum atomic E-state index is -0.564. The summed E-state index contributed by atoms with van der Waals surface area (Å²) in [6.45, 7) is 1.03. The van der Waals surface area contributed by atoms with Crippen LogP contribution in [0.5, 0.6) is 0 Å². The average molecular weight is 357 g/mol. The normalized spacial score (nSPS) is 17.2. The number of nitrogens with two attached hydrogens (primary N) is 1. The van der Waals surface area contributed by atoms with Gasteiger partial charge in [-0.2, -0.15) is 5.26 Å². The zero-order valence-electron chi connectivity index (χ0n) is 14.5. The molecule has 1 atom stereocenters. The second-order valence-electron chi connectivity index (χ2n) is 6.49. The van der Waals surface area contributed by atoms with Gasteiger partial charge in [0.2, 0.25) is 0 Å². The van der Waals surface area contributed by atoms with Crippen molar-refractivity contribution in [2.75, 3.05) is 18.0 Å². The first-order chi connectivity index (χ1) is 12.4. The number of rotatable bonds is 3. The largest absolute Gasteiger partial charge is 0.356 e. The van der Waals surface area contributed by atoms with E-state index in [9.17, 15) is 19.2 Å². The first-order valence-corrected chi connectivity index (χ1v) is 8.41. The topological polar surface area (TPSA) is 97.1 Å². The third kappa shape index (κ3) is 3.26. The van der Waals surface area contributed by atoms with Crippen LogP contribution in [-0.4, -0.2) is 28.3 Å². The van der Waals surface area contributed by atoms with Crippen molar-refractivity contribution in [3.05, 3.63) is 62.0 Å². The van der Waals surface area contributed by atoms with Crippen molar-refractivity contribution < 1.29 is 4.39 Å². The first-order valence-electron chi connectivity index (χ1n) is 8.41. The molecule has 2 aromatic rings. The zero-order chi connectivity index (χ0) is 18.8. The number of hydrogen-bond donors (Lipinski definition) is 1. The van der Waals surface area contributed by atoms with Gasteiger partial charge >= 0.3 is 5.69 Å². The highest BCUT2D eigenvalue weighted by molar-refractivity contribution is 5.43. The van der Waals surface area contributed by atoms with E-state index in [1.54, 1.807) is 0 Å². The lowest BCUT2D eigenvalue weighted by Gasteiger charge is -2.34. The summed E-state index contributed by atoms with van der Waals surface area (Å²) in [6, 6.07) is 7.46. The molecule has 1 fully saturated rings. The Balaban J connectivity index is 2.15. The Hall–Kier alpha value is -2.92. The van der Waals surface area contributed by atoms with E-state index in [2.05, 4.69) is 0 Å². The fourth-order valence-electron chi connectivity index (χ4n) is 3.27. The standard InChI is InChI=1S/C18H20FN5O2/c1-22-17(25)8-16(23-7-3-5-13(21)10-23)24(18(22)26)11-14-12(9-20)4-2-6-15(14)19/h2,4,6,8,13H,3,5,7,10-11,21H2,1H3/t13-/m1/s1. The van der Waals surface area contributed by atoms with E-state index in [4.69, 9.17) is 5.73 Å². The van der Waals surface area contributed by atoms with Gasteiger partial charge in [-0.1, -0.05) is 6.07 Å². The number of halogens is 1. The summed E-state index contributed by atoms with van der Waals surface area (Å²) in [5.41, 5.74) is 5.32. The Kier molecular flexibility index (Phi) is 4.91. The molecule has 26 heavy (non-hydrogen) atoms. The third-order valence-electron chi connectivity index (χ3n) is 4.71. The molecule has 1 aromatic carbocycles. The van der Waals surface area contributed by atoms with Gasteiger partial charge in [0.05, 0.1) is 18.2 Å². The van der Waals surface area contributed by atoms with Gasteiger partial charge in [-0.3, -0.25) is 13.9 Å². The van der Waals surface area contributed by atoms with Crippen LogP contribution in [0, 0.1) is 17.1 Å². The van der Waals surface area contributed by atoms with Crippen LogP contribution in [0.2, 0.25) is 0 Å². The summed E-state index contributed by atoms with van der Waals surface area (Å²) in [5, 5.41) is 9.26. The number of nitrogens with zero attached hydrogens (tertiary/aromatic N) is 4. The lowest BCUT2D eigenvalue weighted by Crippen LogP contribution is -2.47. The van der Waals surface area contributed by atoms with Gasteiger partial charge < -0.3 is 10.6 Å². The minimum Gasteiger partial charge on any atom is -0.356 e. The molecule has 0 spiro atoms. The van der Waals surface area contributed by atoms with Gasteiger partial charge in [-0.25, -0.2) is 9.18 Å². The summed E-state index contributed by atoms with van der Waals surface area (Å²) in [4.78, 5) is 26.7. The summed E-state index contributed by atoms with van der Waals surface area (Å²) in [5.74, 6) is -0.161. The molecule has 2 heterocycles. The lowest BCUT2D eigenvalue weighted by atomic mass is 10.1. The van der Waals surface area contributed by atoms with E-state index >= 15 is 0 Å². The van der Waals surface area contributed by atoms with Crippen LogP contribution in [0.25, 0.3) is 0 Å². The van der Waals surface area contributed by atoms with Crippen LogP contribution in [0.1, 0.15) is 24.0 Å². The number of nitriles is 1. The zero-order valence-corrected chi connectivity index (χ0v) is 14.5. The Morgan fingerprint density at radius 1 is 1.38 bits per heavy atom. The highest BCUT2D eigenvalue weighted by Gasteiger charge is 2.22. The Labute approximate surface area is 149 Å². The predicted octanol–water partition coefficient (Wildman–Crippen LogP) is 0.534. The number of aromatic nitrogens is 2. The van der Waals surface area contributed by atoms with E-state index in [0.29, 0.717) is 18.9 Å². The van der Waals surface area contributed by atoms with Crippen LogP contribution >= 0.6 is 0 Å². The number of anilines is 1. The highest BCUT2D eigenvalue weighted by atomic mass is 19.1. The maximum Gasteiger partial charge on any atom is 0.332 e. The maximum atomic E-state index is 14.3. The van der Waals surface area contributed by atoms with Gasteiger partial charge in [0.1, 0.15) is 11.6 Å². The molecule has 0 radical (unpaired) electrons. The van der Waals surface area contributed by atoms with Gasteiger partial charge in [-0.05, 0) is 25.0 Å². The molecule has 136 valence electrons. The summed E-state index contributed by atoms with van der Waals surface area (Å²) in [6.07, 6.45) is 1.71. The number of hydrogen-bond acceptors (Lipinski definition) is 5. The lowest BCUT2D eigenvalue weighted by molar-refractivity contribution is 0.489. The SMILES string of the molecule is Cn1c(=O)cc(N2CCC[C@@H](N)C2)n(Cc2c(F)cccc2C#N)c1=O. The van der Waals surface area contributed by atoms with E-state index in [1.165, 1.54) is 35.9 Å². The van der Waals surface area contributed by atoms with Crippen molar-refractivity contribution in [2.45, 2.75) is 25.4 Å². The van der Waals surface area contributed by atoms with Crippen molar-refractivity contribution >= 4 is 5.82 Å². The second-order valence-corrected chi connectivity index (χ2v) is 6.49. The van der Waals surface area contributed by atoms with Gasteiger partial charge in [0.15, 0.2) is 0 Å². The van der Waals surface area contributed by atoms with Crippen LogP contribution in [0.4, 0.5) is 10.2 Å². The van der Waals surface area contributed by atoms with Crippen LogP contribution in [-0.2, 0) is 13.6 Å². The fourth-order valence-corrected chi connectivity index (χ4v) is 3.27. The average Bonchev–Trinajstić information content (AvgIpc) is 2.63. The molecular formula is C18H20FN5O2.